The Morgan fingerprint density at radius 1 is 1.13 bits per heavy atom. The van der Waals surface area contributed by atoms with Crippen LogP contribution in [0.15, 0.2) is 59.1 Å². The fourth-order valence-corrected chi connectivity index (χ4v) is 3.54. The van der Waals surface area contributed by atoms with Gasteiger partial charge in [-0.2, -0.15) is 0 Å². The summed E-state index contributed by atoms with van der Waals surface area (Å²) in [5, 5.41) is 3.79. The summed E-state index contributed by atoms with van der Waals surface area (Å²) < 4.78 is 10.6. The van der Waals surface area contributed by atoms with Crippen molar-refractivity contribution in [3.63, 3.8) is 0 Å². The number of anilines is 1. The number of para-hydroxylation sites is 2. The number of methoxy groups -OCH3 is 1. The zero-order valence-electron chi connectivity index (χ0n) is 16.6. The minimum atomic E-state index is -0.563. The molecule has 0 aliphatic carbocycles. The first kappa shape index (κ1) is 19.5. The molecule has 2 amide bonds. The van der Waals surface area contributed by atoms with E-state index in [2.05, 4.69) is 22.1 Å². The monoisotopic (exact) mass is 406 g/mol. The molecule has 0 saturated heterocycles. The van der Waals surface area contributed by atoms with Crippen molar-refractivity contribution in [2.75, 3.05) is 25.1 Å². The summed E-state index contributed by atoms with van der Waals surface area (Å²) in [6.07, 6.45) is 1.99. The van der Waals surface area contributed by atoms with Gasteiger partial charge in [-0.15, -0.1) is 0 Å². The summed E-state index contributed by atoms with van der Waals surface area (Å²) in [6, 6.07) is 16.8. The lowest BCUT2D eigenvalue weighted by atomic mass is 10.0. The first-order valence-electron chi connectivity index (χ1n) is 9.68. The molecule has 0 radical (unpaired) electrons. The van der Waals surface area contributed by atoms with Crippen molar-refractivity contribution in [2.45, 2.75) is 12.8 Å². The Bertz CT molecular complexity index is 1060. The minimum Gasteiger partial charge on any atom is -0.496 e. The molecule has 2 heterocycles. The molecule has 0 saturated carbocycles. The third-order valence-corrected chi connectivity index (χ3v) is 4.97. The number of amides is 2. The highest BCUT2D eigenvalue weighted by Crippen LogP contribution is 2.30. The van der Waals surface area contributed by atoms with Crippen molar-refractivity contribution >= 4 is 17.5 Å². The SMILES string of the molecule is COc1ccccc1-c1cc(C(=O)NNC(=O)CN2CCCc3ccccc32)no1. The highest BCUT2D eigenvalue weighted by atomic mass is 16.5. The van der Waals surface area contributed by atoms with Crippen molar-refractivity contribution in [3.8, 4) is 17.1 Å². The summed E-state index contributed by atoms with van der Waals surface area (Å²) in [7, 11) is 1.55. The second-order valence-corrected chi connectivity index (χ2v) is 6.93. The Kier molecular flexibility index (Phi) is 5.65. The number of rotatable bonds is 5. The van der Waals surface area contributed by atoms with E-state index in [1.807, 2.05) is 35.2 Å². The Hall–Kier alpha value is -3.81. The second-order valence-electron chi connectivity index (χ2n) is 6.93. The van der Waals surface area contributed by atoms with E-state index in [0.717, 1.165) is 25.1 Å². The van der Waals surface area contributed by atoms with Crippen LogP contribution in [-0.2, 0) is 11.2 Å². The molecule has 1 aliphatic heterocycles. The Morgan fingerprint density at radius 2 is 1.93 bits per heavy atom. The fraction of sp³-hybridized carbons (Fsp3) is 0.227. The van der Waals surface area contributed by atoms with Crippen LogP contribution in [0.4, 0.5) is 5.69 Å². The lowest BCUT2D eigenvalue weighted by molar-refractivity contribution is -0.120. The third kappa shape index (κ3) is 4.12. The van der Waals surface area contributed by atoms with Gasteiger partial charge in [0.1, 0.15) is 5.75 Å². The van der Waals surface area contributed by atoms with E-state index >= 15 is 0 Å². The van der Waals surface area contributed by atoms with Crippen LogP contribution in [0.1, 0.15) is 22.5 Å². The number of nitrogens with zero attached hydrogens (tertiary/aromatic N) is 2. The molecule has 8 nitrogen and oxygen atoms in total. The number of benzene rings is 2. The van der Waals surface area contributed by atoms with Crippen molar-refractivity contribution in [2.24, 2.45) is 0 Å². The highest BCUT2D eigenvalue weighted by molar-refractivity contribution is 5.95. The number of fused-ring (bicyclic) bond motifs is 1. The van der Waals surface area contributed by atoms with Crippen LogP contribution in [0, 0.1) is 0 Å². The fourth-order valence-electron chi connectivity index (χ4n) is 3.54. The molecule has 2 N–H and O–H groups in total. The van der Waals surface area contributed by atoms with E-state index in [-0.39, 0.29) is 18.1 Å². The molecule has 0 bridgehead atoms. The number of hydrogen-bond acceptors (Lipinski definition) is 6. The van der Waals surface area contributed by atoms with E-state index in [0.29, 0.717) is 17.1 Å². The van der Waals surface area contributed by atoms with Crippen LogP contribution in [-0.4, -0.2) is 37.2 Å². The molecule has 0 spiro atoms. The lowest BCUT2D eigenvalue weighted by Crippen LogP contribution is -2.47. The van der Waals surface area contributed by atoms with E-state index in [1.54, 1.807) is 19.2 Å². The summed E-state index contributed by atoms with van der Waals surface area (Å²) in [5.74, 6) is 0.130. The van der Waals surface area contributed by atoms with E-state index in [4.69, 9.17) is 9.26 Å². The number of aromatic nitrogens is 1. The molecular formula is C22H22N4O4. The second kappa shape index (κ2) is 8.69. The quantitative estimate of drug-likeness (QED) is 0.632. The smallest absolute Gasteiger partial charge is 0.291 e. The van der Waals surface area contributed by atoms with Gasteiger partial charge in [-0.25, -0.2) is 0 Å². The lowest BCUT2D eigenvalue weighted by Gasteiger charge is -2.30. The summed E-state index contributed by atoms with van der Waals surface area (Å²) in [6.45, 7) is 0.951. The number of carbonyl (C=O) groups is 2. The summed E-state index contributed by atoms with van der Waals surface area (Å²) >= 11 is 0. The first-order valence-corrected chi connectivity index (χ1v) is 9.68. The van der Waals surface area contributed by atoms with Crippen LogP contribution in [0.2, 0.25) is 0 Å². The molecule has 1 aromatic heterocycles. The highest BCUT2D eigenvalue weighted by Gasteiger charge is 2.20. The number of hydrogen-bond donors (Lipinski definition) is 2. The van der Waals surface area contributed by atoms with E-state index in [1.165, 1.54) is 11.6 Å². The number of aryl methyl sites for hydroxylation is 1. The molecule has 2 aromatic carbocycles. The van der Waals surface area contributed by atoms with Gasteiger partial charge in [0, 0.05) is 18.3 Å². The average Bonchev–Trinajstić information content (AvgIpc) is 3.28. The first-order chi connectivity index (χ1) is 14.7. The predicted molar refractivity (Wildman–Crippen MR) is 111 cm³/mol. The van der Waals surface area contributed by atoms with E-state index in [9.17, 15) is 9.59 Å². The summed E-state index contributed by atoms with van der Waals surface area (Å²) in [5.41, 5.74) is 7.85. The molecule has 154 valence electrons. The van der Waals surface area contributed by atoms with Gasteiger partial charge in [-0.1, -0.05) is 35.5 Å². The molecule has 8 heteroatoms. The van der Waals surface area contributed by atoms with Gasteiger partial charge >= 0.3 is 0 Å². The van der Waals surface area contributed by atoms with Gasteiger partial charge in [-0.05, 0) is 36.6 Å². The molecule has 0 fully saturated rings. The average molecular weight is 406 g/mol. The maximum Gasteiger partial charge on any atom is 0.291 e. The predicted octanol–water partition coefficient (Wildman–Crippen LogP) is 2.56. The van der Waals surface area contributed by atoms with Crippen LogP contribution in [0.3, 0.4) is 0 Å². The molecule has 30 heavy (non-hydrogen) atoms. The number of ether oxygens (including phenoxy) is 1. The topological polar surface area (TPSA) is 96.7 Å². The maximum atomic E-state index is 12.3. The van der Waals surface area contributed by atoms with Gasteiger partial charge in [0.05, 0.1) is 19.2 Å². The normalized spacial score (nSPS) is 12.8. The van der Waals surface area contributed by atoms with Crippen molar-refractivity contribution in [1.29, 1.82) is 0 Å². The van der Waals surface area contributed by atoms with Crippen LogP contribution >= 0.6 is 0 Å². The van der Waals surface area contributed by atoms with Crippen molar-refractivity contribution in [3.05, 3.63) is 65.9 Å². The Balaban J connectivity index is 1.35. The van der Waals surface area contributed by atoms with Gasteiger partial charge < -0.3 is 14.2 Å². The molecular weight excluding hydrogens is 384 g/mol. The molecule has 0 unspecified atom stereocenters. The molecule has 1 aliphatic rings. The molecule has 4 rings (SSSR count). The van der Waals surface area contributed by atoms with Gasteiger partial charge in [0.15, 0.2) is 11.5 Å². The third-order valence-electron chi connectivity index (χ3n) is 4.97. The standard InChI is InChI=1S/C22H22N4O4/c1-29-19-11-5-3-9-16(19)20-13-17(25-30-20)22(28)24-23-21(27)14-26-12-6-8-15-7-2-4-10-18(15)26/h2-5,7,9-11,13H,6,8,12,14H2,1H3,(H,23,27)(H,24,28). The minimum absolute atomic E-state index is 0.0551. The van der Waals surface area contributed by atoms with E-state index < -0.39 is 5.91 Å². The van der Waals surface area contributed by atoms with Crippen LogP contribution < -0.4 is 20.5 Å². The Labute approximate surface area is 173 Å². The van der Waals surface area contributed by atoms with Gasteiger partial charge in [0.25, 0.3) is 11.8 Å². The van der Waals surface area contributed by atoms with Crippen LogP contribution in [0.25, 0.3) is 11.3 Å². The zero-order valence-corrected chi connectivity index (χ0v) is 16.6. The number of nitrogens with one attached hydrogen (secondary N) is 2. The Morgan fingerprint density at radius 3 is 2.80 bits per heavy atom. The van der Waals surface area contributed by atoms with Crippen LogP contribution in [0.5, 0.6) is 5.75 Å². The zero-order chi connectivity index (χ0) is 20.9. The maximum absolute atomic E-state index is 12.3. The molecule has 0 atom stereocenters. The largest absolute Gasteiger partial charge is 0.496 e. The van der Waals surface area contributed by atoms with Gasteiger partial charge in [-0.3, -0.25) is 20.4 Å². The number of hydrazine groups is 1. The van der Waals surface area contributed by atoms with Crippen molar-refractivity contribution in [1.82, 2.24) is 16.0 Å². The van der Waals surface area contributed by atoms with Crippen molar-refractivity contribution < 1.29 is 18.8 Å². The molecule has 3 aromatic rings. The summed E-state index contributed by atoms with van der Waals surface area (Å²) in [4.78, 5) is 26.7. The van der Waals surface area contributed by atoms with Gasteiger partial charge in [0.2, 0.25) is 0 Å². The number of carbonyl (C=O) groups excluding carboxylic acids is 2.